The van der Waals surface area contributed by atoms with Crippen molar-refractivity contribution in [3.05, 3.63) is 52.9 Å². The summed E-state index contributed by atoms with van der Waals surface area (Å²) >= 11 is 3.28. The predicted molar refractivity (Wildman–Crippen MR) is 96.4 cm³/mol. The number of hydrogen-bond donors (Lipinski definition) is 0. The fraction of sp³-hybridized carbons (Fsp3) is 0.333. The van der Waals surface area contributed by atoms with Crippen LogP contribution in [0.5, 0.6) is 0 Å². The second-order valence-corrected chi connectivity index (χ2v) is 6.31. The van der Waals surface area contributed by atoms with E-state index in [-0.39, 0.29) is 11.9 Å². The fourth-order valence-electron chi connectivity index (χ4n) is 2.37. The summed E-state index contributed by atoms with van der Waals surface area (Å²) in [6, 6.07) is 14.9. The molecule has 0 fully saturated rings. The summed E-state index contributed by atoms with van der Waals surface area (Å²) in [4.78, 5) is 16.5. The van der Waals surface area contributed by atoms with Gasteiger partial charge >= 0.3 is 0 Å². The van der Waals surface area contributed by atoms with Gasteiger partial charge in [0.15, 0.2) is 4.67 Å². The number of likely N-dealkylation sites (N-methyl/N-ethyl adjacent to an activating group) is 1. The number of para-hydroxylation sites is 1. The average Bonchev–Trinajstić information content (AvgIpc) is 3.00. The number of benzene rings is 1. The number of anilines is 1. The average molecular weight is 390 g/mol. The fourth-order valence-corrected chi connectivity index (χ4v) is 2.71. The molecule has 2 rings (SSSR count). The van der Waals surface area contributed by atoms with Gasteiger partial charge in [-0.15, -0.1) is 0 Å². The minimum Gasteiger partial charge on any atom is -0.453 e. The van der Waals surface area contributed by atoms with Gasteiger partial charge in [-0.2, -0.15) is 5.26 Å². The van der Waals surface area contributed by atoms with Gasteiger partial charge in [-0.25, -0.2) is 0 Å². The Morgan fingerprint density at radius 2 is 2.00 bits per heavy atom. The van der Waals surface area contributed by atoms with Crippen molar-refractivity contribution in [3.8, 4) is 6.07 Å². The molecule has 0 aliphatic carbocycles. The zero-order valence-corrected chi connectivity index (χ0v) is 15.4. The molecule has 1 aromatic heterocycles. The van der Waals surface area contributed by atoms with E-state index < -0.39 is 0 Å². The SMILES string of the molecule is CC(C(=O)N(CCC#N)c1ccccc1)N(C)Cc1ccc(Br)o1. The van der Waals surface area contributed by atoms with Crippen molar-refractivity contribution < 1.29 is 9.21 Å². The number of nitrogens with zero attached hydrogens (tertiary/aromatic N) is 3. The lowest BCUT2D eigenvalue weighted by molar-refractivity contribution is -0.123. The highest BCUT2D eigenvalue weighted by atomic mass is 79.9. The van der Waals surface area contributed by atoms with Crippen molar-refractivity contribution in [1.29, 1.82) is 5.26 Å². The molecule has 1 atom stereocenters. The van der Waals surface area contributed by atoms with Crippen LogP contribution in [0, 0.1) is 11.3 Å². The van der Waals surface area contributed by atoms with Crippen LogP contribution in [-0.2, 0) is 11.3 Å². The minimum atomic E-state index is -0.340. The van der Waals surface area contributed by atoms with E-state index in [1.165, 1.54) is 0 Å². The number of furan rings is 1. The molecule has 0 bridgehead atoms. The Labute approximate surface area is 150 Å². The van der Waals surface area contributed by atoms with E-state index in [0.29, 0.717) is 24.2 Å². The summed E-state index contributed by atoms with van der Waals surface area (Å²) in [5.74, 6) is 0.747. The zero-order valence-electron chi connectivity index (χ0n) is 13.8. The molecule has 0 aliphatic rings. The Morgan fingerprint density at radius 3 is 2.58 bits per heavy atom. The molecular weight excluding hydrogens is 370 g/mol. The summed E-state index contributed by atoms with van der Waals surface area (Å²) in [6.07, 6.45) is 0.294. The number of rotatable bonds is 7. The molecule has 0 N–H and O–H groups in total. The molecule has 5 nitrogen and oxygen atoms in total. The van der Waals surface area contributed by atoms with Crippen LogP contribution in [0.3, 0.4) is 0 Å². The van der Waals surface area contributed by atoms with E-state index >= 15 is 0 Å². The Bertz CT molecular complexity index is 709. The lowest BCUT2D eigenvalue weighted by atomic mass is 10.2. The van der Waals surface area contributed by atoms with Gasteiger partial charge in [-0.1, -0.05) is 18.2 Å². The molecule has 0 spiro atoms. The van der Waals surface area contributed by atoms with Crippen LogP contribution in [0.1, 0.15) is 19.1 Å². The number of amides is 1. The number of carbonyl (C=O) groups is 1. The second-order valence-electron chi connectivity index (χ2n) is 5.53. The normalized spacial score (nSPS) is 12.0. The molecule has 126 valence electrons. The van der Waals surface area contributed by atoms with Gasteiger partial charge in [0.05, 0.1) is 25.1 Å². The van der Waals surface area contributed by atoms with Gasteiger partial charge in [0.25, 0.3) is 0 Å². The van der Waals surface area contributed by atoms with E-state index in [1.807, 2.05) is 61.3 Å². The van der Waals surface area contributed by atoms with Gasteiger partial charge in [0, 0.05) is 12.2 Å². The maximum atomic E-state index is 12.9. The summed E-state index contributed by atoms with van der Waals surface area (Å²) < 4.78 is 6.17. The van der Waals surface area contributed by atoms with Gasteiger partial charge < -0.3 is 9.32 Å². The first-order chi connectivity index (χ1) is 11.5. The zero-order chi connectivity index (χ0) is 17.5. The van der Waals surface area contributed by atoms with Crippen molar-refractivity contribution >= 4 is 27.5 Å². The monoisotopic (exact) mass is 389 g/mol. The summed E-state index contributed by atoms with van der Waals surface area (Å²) in [5, 5.41) is 8.87. The van der Waals surface area contributed by atoms with Gasteiger partial charge in [0.2, 0.25) is 5.91 Å². The predicted octanol–water partition coefficient (Wildman–Crippen LogP) is 3.81. The molecule has 2 aromatic rings. The van der Waals surface area contributed by atoms with Crippen LogP contribution in [-0.4, -0.2) is 30.4 Å². The van der Waals surface area contributed by atoms with Gasteiger partial charge in [-0.05, 0) is 54.2 Å². The Balaban J connectivity index is 2.11. The summed E-state index contributed by atoms with van der Waals surface area (Å²) in [7, 11) is 1.88. The highest BCUT2D eigenvalue weighted by molar-refractivity contribution is 9.10. The van der Waals surface area contributed by atoms with E-state index in [9.17, 15) is 4.79 Å². The first-order valence-corrected chi connectivity index (χ1v) is 8.50. The largest absolute Gasteiger partial charge is 0.453 e. The summed E-state index contributed by atoms with van der Waals surface area (Å²) in [5.41, 5.74) is 0.804. The maximum absolute atomic E-state index is 12.9. The van der Waals surface area contributed by atoms with Crippen LogP contribution < -0.4 is 4.90 Å². The smallest absolute Gasteiger partial charge is 0.244 e. The standard InChI is InChI=1S/C18H20BrN3O2/c1-14(21(2)13-16-9-10-17(19)24-16)18(23)22(12-6-11-20)15-7-4-3-5-8-15/h3-5,7-10,14H,6,12-13H2,1-2H3. The molecule has 0 saturated carbocycles. The van der Waals surface area contributed by atoms with Crippen molar-refractivity contribution in [3.63, 3.8) is 0 Å². The van der Waals surface area contributed by atoms with E-state index in [4.69, 9.17) is 9.68 Å². The van der Waals surface area contributed by atoms with Crippen LogP contribution in [0.4, 0.5) is 5.69 Å². The topological polar surface area (TPSA) is 60.5 Å². The van der Waals surface area contributed by atoms with Crippen molar-refractivity contribution in [2.24, 2.45) is 0 Å². The number of hydrogen-bond acceptors (Lipinski definition) is 4. The van der Waals surface area contributed by atoms with E-state index in [0.717, 1.165) is 11.4 Å². The molecule has 0 radical (unpaired) electrons. The van der Waals surface area contributed by atoms with Gasteiger partial charge in [-0.3, -0.25) is 9.69 Å². The van der Waals surface area contributed by atoms with Crippen molar-refractivity contribution in [1.82, 2.24) is 4.90 Å². The molecule has 6 heteroatoms. The van der Waals surface area contributed by atoms with Crippen LogP contribution in [0.15, 0.2) is 51.6 Å². The first kappa shape index (κ1) is 18.2. The molecule has 1 heterocycles. The Kier molecular flexibility index (Phi) is 6.59. The number of nitriles is 1. The third kappa shape index (κ3) is 4.70. The lowest BCUT2D eigenvalue weighted by Crippen LogP contribution is -2.46. The molecule has 0 saturated heterocycles. The molecule has 0 aliphatic heterocycles. The second kappa shape index (κ2) is 8.67. The van der Waals surface area contributed by atoms with E-state index in [1.54, 1.807) is 4.90 Å². The lowest BCUT2D eigenvalue weighted by Gasteiger charge is -2.29. The van der Waals surface area contributed by atoms with Crippen LogP contribution in [0.25, 0.3) is 0 Å². The molecule has 1 aromatic carbocycles. The maximum Gasteiger partial charge on any atom is 0.244 e. The number of halogens is 1. The highest BCUT2D eigenvalue weighted by Crippen LogP contribution is 2.19. The highest BCUT2D eigenvalue weighted by Gasteiger charge is 2.25. The van der Waals surface area contributed by atoms with Crippen LogP contribution in [0.2, 0.25) is 0 Å². The number of carbonyl (C=O) groups excluding carboxylic acids is 1. The van der Waals surface area contributed by atoms with Crippen molar-refractivity contribution in [2.45, 2.75) is 25.9 Å². The summed E-state index contributed by atoms with van der Waals surface area (Å²) in [6.45, 7) is 2.77. The van der Waals surface area contributed by atoms with Crippen molar-refractivity contribution in [2.75, 3.05) is 18.5 Å². The third-order valence-corrected chi connectivity index (χ3v) is 4.26. The minimum absolute atomic E-state index is 0.0374. The molecule has 24 heavy (non-hydrogen) atoms. The van der Waals surface area contributed by atoms with Crippen LogP contribution >= 0.6 is 15.9 Å². The third-order valence-electron chi connectivity index (χ3n) is 3.83. The van der Waals surface area contributed by atoms with Gasteiger partial charge in [0.1, 0.15) is 5.76 Å². The quantitative estimate of drug-likeness (QED) is 0.722. The molecule has 1 unspecified atom stereocenters. The van der Waals surface area contributed by atoms with E-state index in [2.05, 4.69) is 22.0 Å². The Hall–Kier alpha value is -2.10. The Morgan fingerprint density at radius 1 is 1.29 bits per heavy atom. The first-order valence-electron chi connectivity index (χ1n) is 7.70. The molecular formula is C18H20BrN3O2. The molecule has 1 amide bonds.